The number of carbonyl (C=O) groups is 3. The molecule has 1 aromatic heterocycles. The van der Waals surface area contributed by atoms with Gasteiger partial charge in [-0.1, -0.05) is 51.1 Å². The van der Waals surface area contributed by atoms with E-state index in [1.54, 1.807) is 0 Å². The van der Waals surface area contributed by atoms with Gasteiger partial charge in [0, 0.05) is 6.07 Å². The fourth-order valence-electron chi connectivity index (χ4n) is 3.93. The number of rotatable bonds is 9. The molecule has 1 aromatic carbocycles. The van der Waals surface area contributed by atoms with Crippen molar-refractivity contribution in [1.29, 1.82) is 0 Å². The number of nitrogens with one attached hydrogen (secondary N) is 2. The molecule has 0 aliphatic carbocycles. The molecule has 0 radical (unpaired) electrons. The third-order valence-electron chi connectivity index (χ3n) is 5.45. The molecule has 3 atom stereocenters. The minimum Gasteiger partial charge on any atom is -0.469 e. The maximum atomic E-state index is 13.2. The zero-order valence-electron chi connectivity index (χ0n) is 18.6. The van der Waals surface area contributed by atoms with Crippen LogP contribution in [0.4, 0.5) is 4.79 Å². The van der Waals surface area contributed by atoms with Gasteiger partial charge in [0.1, 0.15) is 25.0 Å². The quantitative estimate of drug-likeness (QED) is 0.617. The van der Waals surface area contributed by atoms with Gasteiger partial charge in [0.25, 0.3) is 0 Å². The summed E-state index contributed by atoms with van der Waals surface area (Å²) in [4.78, 5) is 37.8. The third-order valence-corrected chi connectivity index (χ3v) is 5.45. The second-order valence-electron chi connectivity index (χ2n) is 8.79. The largest absolute Gasteiger partial charge is 0.469 e. The van der Waals surface area contributed by atoms with Crippen LogP contribution >= 0.6 is 0 Å². The maximum absolute atomic E-state index is 13.2. The van der Waals surface area contributed by atoms with Gasteiger partial charge in [0.2, 0.25) is 5.91 Å². The van der Waals surface area contributed by atoms with Crippen LogP contribution in [-0.4, -0.2) is 42.6 Å². The van der Waals surface area contributed by atoms with Crippen LogP contribution in [0.1, 0.15) is 39.2 Å². The van der Waals surface area contributed by atoms with Gasteiger partial charge in [0.15, 0.2) is 11.5 Å². The number of Topliss-reactive ketones (excluding diaryl/α,β-unsaturated/α-hetero) is 1. The standard InChI is InChI=1S/C24H30N2O6/c1-4-20-21(19(27)15-31-20)26-22(28)18(25-23(29)32-17-10-11-30-14-17)13-24(2,3)12-16-8-6-5-7-9-16/h5-11,14,18,20-21H,4,12-13,15H2,1-3H3,(H,25,29)(H,26,28)/t18-,20?,21?/m0/s1. The number of ether oxygens (including phenoxy) is 2. The molecule has 1 saturated heterocycles. The van der Waals surface area contributed by atoms with Gasteiger partial charge in [-0.2, -0.15) is 0 Å². The summed E-state index contributed by atoms with van der Waals surface area (Å²) in [5.41, 5.74) is 0.801. The van der Waals surface area contributed by atoms with Crippen molar-refractivity contribution in [3.63, 3.8) is 0 Å². The second-order valence-corrected chi connectivity index (χ2v) is 8.79. The van der Waals surface area contributed by atoms with Crippen molar-refractivity contribution in [2.24, 2.45) is 5.41 Å². The van der Waals surface area contributed by atoms with E-state index in [-0.39, 0.29) is 29.7 Å². The fraction of sp³-hybridized carbons (Fsp3) is 0.458. The minimum atomic E-state index is -0.904. The van der Waals surface area contributed by atoms with E-state index in [0.717, 1.165) is 5.56 Å². The molecule has 1 aliphatic rings. The Bertz CT molecular complexity index is 910. The first-order valence-electron chi connectivity index (χ1n) is 10.8. The summed E-state index contributed by atoms with van der Waals surface area (Å²) in [7, 11) is 0. The Morgan fingerprint density at radius 3 is 2.62 bits per heavy atom. The molecule has 172 valence electrons. The molecule has 2 heterocycles. The van der Waals surface area contributed by atoms with Crippen molar-refractivity contribution in [1.82, 2.24) is 10.6 Å². The molecule has 8 heteroatoms. The molecule has 2 unspecified atom stereocenters. The number of furan rings is 1. The third kappa shape index (κ3) is 6.43. The summed E-state index contributed by atoms with van der Waals surface area (Å²) < 4.78 is 15.5. The van der Waals surface area contributed by atoms with Gasteiger partial charge >= 0.3 is 6.09 Å². The number of benzene rings is 1. The van der Waals surface area contributed by atoms with Gasteiger partial charge < -0.3 is 24.5 Å². The highest BCUT2D eigenvalue weighted by molar-refractivity contribution is 5.94. The lowest BCUT2D eigenvalue weighted by Crippen LogP contribution is -2.54. The summed E-state index contributed by atoms with van der Waals surface area (Å²) in [6, 6.07) is 9.80. The van der Waals surface area contributed by atoms with E-state index in [1.807, 2.05) is 51.1 Å². The molecule has 2 N–H and O–H groups in total. The van der Waals surface area contributed by atoms with Gasteiger partial charge in [-0.15, -0.1) is 0 Å². The highest BCUT2D eigenvalue weighted by atomic mass is 16.6. The van der Waals surface area contributed by atoms with Crippen LogP contribution in [0.3, 0.4) is 0 Å². The van der Waals surface area contributed by atoms with Crippen molar-refractivity contribution in [2.45, 2.75) is 58.2 Å². The predicted octanol–water partition coefficient (Wildman–Crippen LogP) is 3.26. The lowest BCUT2D eigenvalue weighted by Gasteiger charge is -2.30. The average molecular weight is 443 g/mol. The number of hydrogen-bond donors (Lipinski definition) is 2. The molecule has 2 amide bonds. The van der Waals surface area contributed by atoms with E-state index in [4.69, 9.17) is 13.9 Å². The highest BCUT2D eigenvalue weighted by Gasteiger charge is 2.38. The zero-order valence-corrected chi connectivity index (χ0v) is 18.6. The van der Waals surface area contributed by atoms with Crippen molar-refractivity contribution in [3.8, 4) is 5.75 Å². The van der Waals surface area contributed by atoms with Gasteiger partial charge in [0.05, 0.1) is 12.4 Å². The van der Waals surface area contributed by atoms with Crippen molar-refractivity contribution in [3.05, 3.63) is 54.5 Å². The number of carbonyl (C=O) groups excluding carboxylic acids is 3. The van der Waals surface area contributed by atoms with E-state index in [2.05, 4.69) is 10.6 Å². The van der Waals surface area contributed by atoms with Crippen LogP contribution in [0.2, 0.25) is 0 Å². The van der Waals surface area contributed by atoms with Crippen LogP contribution in [0, 0.1) is 5.41 Å². The molecular weight excluding hydrogens is 412 g/mol. The molecule has 0 spiro atoms. The molecule has 1 aliphatic heterocycles. The molecule has 8 nitrogen and oxygen atoms in total. The molecule has 1 fully saturated rings. The number of ketones is 1. The Hall–Kier alpha value is -3.13. The molecule has 3 rings (SSSR count). The number of amides is 2. The van der Waals surface area contributed by atoms with Crippen LogP contribution in [0.15, 0.2) is 53.3 Å². The Labute approximate surface area is 187 Å². The first-order chi connectivity index (χ1) is 15.3. The van der Waals surface area contributed by atoms with E-state index in [0.29, 0.717) is 19.3 Å². The van der Waals surface area contributed by atoms with Gasteiger partial charge in [-0.3, -0.25) is 9.59 Å². The van der Waals surface area contributed by atoms with E-state index in [1.165, 1.54) is 18.6 Å². The fourth-order valence-corrected chi connectivity index (χ4v) is 3.93. The van der Waals surface area contributed by atoms with Crippen LogP contribution in [-0.2, 0) is 20.7 Å². The summed E-state index contributed by atoms with van der Waals surface area (Å²) in [6.07, 6.45) is 3.16. The van der Waals surface area contributed by atoms with Gasteiger partial charge in [-0.25, -0.2) is 4.79 Å². The number of hydrogen-bond acceptors (Lipinski definition) is 6. The van der Waals surface area contributed by atoms with Crippen LogP contribution in [0.25, 0.3) is 0 Å². The summed E-state index contributed by atoms with van der Waals surface area (Å²) >= 11 is 0. The zero-order chi connectivity index (χ0) is 23.1. The first kappa shape index (κ1) is 23.5. The lowest BCUT2D eigenvalue weighted by atomic mass is 9.80. The highest BCUT2D eigenvalue weighted by Crippen LogP contribution is 2.28. The predicted molar refractivity (Wildman–Crippen MR) is 117 cm³/mol. The summed E-state index contributed by atoms with van der Waals surface area (Å²) in [6.45, 7) is 5.93. The summed E-state index contributed by atoms with van der Waals surface area (Å²) in [5.74, 6) is -0.387. The van der Waals surface area contributed by atoms with Gasteiger partial charge in [-0.05, 0) is 30.2 Å². The van der Waals surface area contributed by atoms with Crippen molar-refractivity contribution in [2.75, 3.05) is 6.61 Å². The maximum Gasteiger partial charge on any atom is 0.413 e. The topological polar surface area (TPSA) is 107 Å². The Morgan fingerprint density at radius 1 is 1.22 bits per heavy atom. The van der Waals surface area contributed by atoms with Crippen LogP contribution < -0.4 is 15.4 Å². The Balaban J connectivity index is 1.72. The smallest absolute Gasteiger partial charge is 0.413 e. The SMILES string of the molecule is CCC1OCC(=O)C1NC(=O)[C@H](CC(C)(C)Cc1ccccc1)NC(=O)Oc1ccoc1. The lowest BCUT2D eigenvalue weighted by molar-refractivity contribution is -0.128. The summed E-state index contributed by atoms with van der Waals surface area (Å²) in [5, 5.41) is 5.43. The first-order valence-corrected chi connectivity index (χ1v) is 10.8. The molecule has 32 heavy (non-hydrogen) atoms. The molecule has 0 bridgehead atoms. The van der Waals surface area contributed by atoms with Crippen molar-refractivity contribution < 1.29 is 28.3 Å². The minimum absolute atomic E-state index is 0.0242. The molecular formula is C24H30N2O6. The van der Waals surface area contributed by atoms with E-state index >= 15 is 0 Å². The normalized spacial score (nSPS) is 19.4. The monoisotopic (exact) mass is 442 g/mol. The Kier molecular flexibility index (Phi) is 7.69. The van der Waals surface area contributed by atoms with E-state index in [9.17, 15) is 14.4 Å². The van der Waals surface area contributed by atoms with E-state index < -0.39 is 24.1 Å². The second kappa shape index (κ2) is 10.5. The van der Waals surface area contributed by atoms with Crippen LogP contribution in [0.5, 0.6) is 5.75 Å². The van der Waals surface area contributed by atoms with Crippen molar-refractivity contribution >= 4 is 17.8 Å². The molecule has 2 aromatic rings. The average Bonchev–Trinajstić information content (AvgIpc) is 3.37. The Morgan fingerprint density at radius 2 is 1.97 bits per heavy atom. The molecule has 0 saturated carbocycles.